The van der Waals surface area contributed by atoms with Gasteiger partial charge in [-0.1, -0.05) is 85.5 Å². The smallest absolute Gasteiger partial charge is 0.303 e. The minimum Gasteiger partial charge on any atom is -0.303 e. The SMILES string of the molecule is CCCCCC(C)C(CCCCC)(CCCCC)OP(=O)(O)O. The lowest BCUT2D eigenvalue weighted by molar-refractivity contribution is -0.0318. The lowest BCUT2D eigenvalue weighted by atomic mass is 9.77. The average Bonchev–Trinajstić information content (AvgIpc) is 2.46. The van der Waals surface area contributed by atoms with Gasteiger partial charge in [0.1, 0.15) is 0 Å². The molecule has 1 atom stereocenters. The lowest BCUT2D eigenvalue weighted by Gasteiger charge is -2.39. The summed E-state index contributed by atoms with van der Waals surface area (Å²) in [5, 5.41) is 0. The molecule has 0 aliphatic rings. The van der Waals surface area contributed by atoms with E-state index in [9.17, 15) is 14.4 Å². The fourth-order valence-corrected chi connectivity index (χ4v) is 4.18. The van der Waals surface area contributed by atoms with E-state index in [0.29, 0.717) is 0 Å². The van der Waals surface area contributed by atoms with Crippen LogP contribution in [0.15, 0.2) is 0 Å². The zero-order valence-corrected chi connectivity index (χ0v) is 16.6. The summed E-state index contributed by atoms with van der Waals surface area (Å²) in [7, 11) is -4.48. The van der Waals surface area contributed by atoms with Gasteiger partial charge in [0.2, 0.25) is 0 Å². The molecule has 0 rings (SSSR count). The molecule has 5 heteroatoms. The minimum absolute atomic E-state index is 0.176. The molecule has 0 bridgehead atoms. The van der Waals surface area contributed by atoms with Crippen LogP contribution in [-0.4, -0.2) is 15.4 Å². The third-order valence-corrected chi connectivity index (χ3v) is 5.45. The molecule has 140 valence electrons. The summed E-state index contributed by atoms with van der Waals surface area (Å²) in [6, 6.07) is 0. The van der Waals surface area contributed by atoms with E-state index in [1.165, 1.54) is 6.42 Å². The van der Waals surface area contributed by atoms with Gasteiger partial charge in [-0.05, 0) is 25.2 Å². The van der Waals surface area contributed by atoms with Gasteiger partial charge in [-0.3, -0.25) is 4.52 Å². The summed E-state index contributed by atoms with van der Waals surface area (Å²) in [6.45, 7) is 8.58. The van der Waals surface area contributed by atoms with Crippen molar-refractivity contribution >= 4 is 7.82 Å². The lowest BCUT2D eigenvalue weighted by Crippen LogP contribution is -2.39. The number of hydrogen-bond donors (Lipinski definition) is 2. The van der Waals surface area contributed by atoms with Crippen LogP contribution in [0.5, 0.6) is 0 Å². The topological polar surface area (TPSA) is 66.8 Å². The van der Waals surface area contributed by atoms with Crippen molar-refractivity contribution < 1.29 is 18.9 Å². The third-order valence-electron chi connectivity index (χ3n) is 4.85. The number of unbranched alkanes of at least 4 members (excludes halogenated alkanes) is 6. The van der Waals surface area contributed by atoms with Crippen molar-refractivity contribution in [3.05, 3.63) is 0 Å². The molecule has 4 nitrogen and oxygen atoms in total. The van der Waals surface area contributed by atoms with Gasteiger partial charge in [-0.25, -0.2) is 4.57 Å². The number of phosphoric ester groups is 1. The largest absolute Gasteiger partial charge is 0.470 e. The Labute approximate surface area is 143 Å². The van der Waals surface area contributed by atoms with E-state index in [1.807, 2.05) is 0 Å². The standard InChI is InChI=1S/C18H39O4P/c1-5-8-11-14-17(4)18(15-12-9-6-2,16-13-10-7-3)22-23(19,20)21/h17H,5-16H2,1-4H3,(H2,19,20,21). The highest BCUT2D eigenvalue weighted by molar-refractivity contribution is 7.46. The molecule has 0 heterocycles. The second kappa shape index (κ2) is 12.5. The van der Waals surface area contributed by atoms with Crippen LogP contribution in [0.4, 0.5) is 0 Å². The Hall–Kier alpha value is 0.110. The zero-order valence-electron chi connectivity index (χ0n) is 15.7. The van der Waals surface area contributed by atoms with Crippen LogP contribution in [-0.2, 0) is 9.09 Å². The first-order valence-electron chi connectivity index (χ1n) is 9.57. The van der Waals surface area contributed by atoms with E-state index in [2.05, 4.69) is 27.7 Å². The molecule has 0 spiro atoms. The third kappa shape index (κ3) is 10.6. The second-order valence-electron chi connectivity index (χ2n) is 6.96. The molecule has 0 aromatic carbocycles. The minimum atomic E-state index is -4.48. The van der Waals surface area contributed by atoms with Gasteiger partial charge in [0.05, 0.1) is 5.60 Å². The predicted molar refractivity (Wildman–Crippen MR) is 97.5 cm³/mol. The van der Waals surface area contributed by atoms with Crippen LogP contribution in [0.3, 0.4) is 0 Å². The van der Waals surface area contributed by atoms with Crippen LogP contribution in [0.25, 0.3) is 0 Å². The van der Waals surface area contributed by atoms with Crippen molar-refractivity contribution in [3.8, 4) is 0 Å². The summed E-state index contributed by atoms with van der Waals surface area (Å²) < 4.78 is 17.1. The van der Waals surface area contributed by atoms with Gasteiger partial charge in [0, 0.05) is 0 Å². The van der Waals surface area contributed by atoms with E-state index in [4.69, 9.17) is 4.52 Å². The molecule has 1 unspecified atom stereocenters. The molecule has 0 aromatic heterocycles. The molecule has 2 N–H and O–H groups in total. The number of rotatable bonds is 15. The maximum absolute atomic E-state index is 11.6. The molecule has 0 amide bonds. The second-order valence-corrected chi connectivity index (χ2v) is 8.12. The van der Waals surface area contributed by atoms with E-state index in [0.717, 1.165) is 70.6 Å². The zero-order chi connectivity index (χ0) is 17.8. The first-order chi connectivity index (χ1) is 10.8. The monoisotopic (exact) mass is 350 g/mol. The maximum atomic E-state index is 11.6. The van der Waals surface area contributed by atoms with E-state index >= 15 is 0 Å². The fourth-order valence-electron chi connectivity index (χ4n) is 3.35. The maximum Gasteiger partial charge on any atom is 0.470 e. The predicted octanol–water partition coefficient (Wildman–Crippen LogP) is 6.21. The molecular formula is C18H39O4P. The Morgan fingerprint density at radius 3 is 1.70 bits per heavy atom. The molecule has 0 saturated heterocycles. The summed E-state index contributed by atoms with van der Waals surface area (Å²) in [5.74, 6) is 0.176. The highest BCUT2D eigenvalue weighted by Crippen LogP contribution is 2.49. The quantitative estimate of drug-likeness (QED) is 0.272. The van der Waals surface area contributed by atoms with Crippen molar-refractivity contribution in [2.24, 2.45) is 5.92 Å². The molecule has 0 fully saturated rings. The van der Waals surface area contributed by atoms with Crippen molar-refractivity contribution in [3.63, 3.8) is 0 Å². The van der Waals surface area contributed by atoms with Crippen molar-refractivity contribution in [1.29, 1.82) is 0 Å². The van der Waals surface area contributed by atoms with Gasteiger partial charge >= 0.3 is 7.82 Å². The Kier molecular flexibility index (Phi) is 12.5. The van der Waals surface area contributed by atoms with Crippen LogP contribution < -0.4 is 0 Å². The van der Waals surface area contributed by atoms with E-state index < -0.39 is 13.4 Å². The fraction of sp³-hybridized carbons (Fsp3) is 1.00. The van der Waals surface area contributed by atoms with E-state index in [1.54, 1.807) is 0 Å². The Bertz CT molecular complexity index is 317. The van der Waals surface area contributed by atoms with Crippen molar-refractivity contribution in [2.45, 2.75) is 110 Å². The molecule has 0 aliphatic carbocycles. The molecule has 23 heavy (non-hydrogen) atoms. The molecule has 0 radical (unpaired) electrons. The van der Waals surface area contributed by atoms with Gasteiger partial charge in [-0.15, -0.1) is 0 Å². The molecular weight excluding hydrogens is 311 g/mol. The molecule has 0 saturated carbocycles. The normalized spacial score (nSPS) is 14.2. The summed E-state index contributed by atoms with van der Waals surface area (Å²) in [4.78, 5) is 19.0. The summed E-state index contributed by atoms with van der Waals surface area (Å²) in [6.07, 6.45) is 12.2. The highest BCUT2D eigenvalue weighted by Gasteiger charge is 2.41. The number of phosphoric acid groups is 1. The first kappa shape index (κ1) is 23.1. The van der Waals surface area contributed by atoms with Crippen LogP contribution in [0.1, 0.15) is 105 Å². The van der Waals surface area contributed by atoms with Gasteiger partial charge in [0.15, 0.2) is 0 Å². The van der Waals surface area contributed by atoms with Crippen LogP contribution in [0, 0.1) is 5.92 Å². The molecule has 0 aromatic rings. The van der Waals surface area contributed by atoms with Gasteiger partial charge < -0.3 is 9.79 Å². The van der Waals surface area contributed by atoms with E-state index in [-0.39, 0.29) is 5.92 Å². The highest BCUT2D eigenvalue weighted by atomic mass is 31.2. The Morgan fingerprint density at radius 1 is 0.870 bits per heavy atom. The molecule has 0 aliphatic heterocycles. The van der Waals surface area contributed by atoms with Crippen molar-refractivity contribution in [2.75, 3.05) is 0 Å². The number of hydrogen-bond acceptors (Lipinski definition) is 2. The van der Waals surface area contributed by atoms with Gasteiger partial charge in [0.25, 0.3) is 0 Å². The van der Waals surface area contributed by atoms with Gasteiger partial charge in [-0.2, -0.15) is 0 Å². The Balaban J connectivity index is 5.11. The summed E-state index contributed by atoms with van der Waals surface area (Å²) >= 11 is 0. The van der Waals surface area contributed by atoms with Crippen molar-refractivity contribution in [1.82, 2.24) is 0 Å². The Morgan fingerprint density at radius 2 is 1.30 bits per heavy atom. The van der Waals surface area contributed by atoms with Crippen LogP contribution >= 0.6 is 7.82 Å². The van der Waals surface area contributed by atoms with Crippen LogP contribution in [0.2, 0.25) is 0 Å². The first-order valence-corrected chi connectivity index (χ1v) is 11.1. The summed E-state index contributed by atoms with van der Waals surface area (Å²) in [5.41, 5.74) is -0.670. The average molecular weight is 350 g/mol.